The Morgan fingerprint density at radius 1 is 1.41 bits per heavy atom. The Hall–Kier alpha value is -0.510. The van der Waals surface area contributed by atoms with Crippen molar-refractivity contribution >= 4 is 40.7 Å². The van der Waals surface area contributed by atoms with E-state index in [1.54, 1.807) is 6.92 Å². The first-order chi connectivity index (χ1) is 7.91. The first-order valence-corrected chi connectivity index (χ1v) is 6.26. The van der Waals surface area contributed by atoms with Crippen molar-refractivity contribution in [3.63, 3.8) is 0 Å². The van der Waals surface area contributed by atoms with E-state index < -0.39 is 17.3 Å². The Morgan fingerprint density at radius 2 is 2.00 bits per heavy atom. The molecule has 1 amide bonds. The van der Waals surface area contributed by atoms with Crippen molar-refractivity contribution in [2.24, 2.45) is 0 Å². The van der Waals surface area contributed by atoms with Crippen LogP contribution in [0.3, 0.4) is 0 Å². The van der Waals surface area contributed by atoms with E-state index in [0.29, 0.717) is 0 Å². The Kier molecular flexibility index (Phi) is 5.04. The van der Waals surface area contributed by atoms with Crippen LogP contribution in [-0.4, -0.2) is 23.2 Å². The fraction of sp³-hybridized carbons (Fsp3) is 0.364. The summed E-state index contributed by atoms with van der Waals surface area (Å²) in [5.74, 6) is -0.593. The summed E-state index contributed by atoms with van der Waals surface area (Å²) in [6, 6.07) is 3.56. The zero-order chi connectivity index (χ0) is 13.1. The molecule has 6 heteroatoms. The molecule has 1 aromatic rings. The molecule has 0 bridgehead atoms. The van der Waals surface area contributed by atoms with Crippen LogP contribution in [0.2, 0.25) is 5.02 Å². The molecule has 0 aliphatic heterocycles. The normalized spacial score (nSPS) is 11.4. The van der Waals surface area contributed by atoms with E-state index in [1.165, 1.54) is 12.1 Å². The van der Waals surface area contributed by atoms with Crippen molar-refractivity contribution in [2.75, 3.05) is 11.8 Å². The Balaban J connectivity index is 2.90. The third-order valence-corrected chi connectivity index (χ3v) is 3.67. The van der Waals surface area contributed by atoms with Crippen LogP contribution in [0.1, 0.15) is 17.3 Å². The van der Waals surface area contributed by atoms with Crippen molar-refractivity contribution in [1.29, 1.82) is 0 Å². The molecule has 2 nitrogen and oxygen atoms in total. The van der Waals surface area contributed by atoms with Gasteiger partial charge in [0.05, 0.1) is 16.1 Å². The van der Waals surface area contributed by atoms with Gasteiger partial charge in [0.15, 0.2) is 0 Å². The lowest BCUT2D eigenvalue weighted by Gasteiger charge is -2.26. The first kappa shape index (κ1) is 14.6. The van der Waals surface area contributed by atoms with Crippen LogP contribution < -0.4 is 5.32 Å². The monoisotopic (exact) mass is 297 g/mol. The van der Waals surface area contributed by atoms with Crippen LogP contribution in [0.5, 0.6) is 0 Å². The highest BCUT2D eigenvalue weighted by Gasteiger charge is 2.25. The van der Waals surface area contributed by atoms with Gasteiger partial charge in [-0.25, -0.2) is 4.39 Å². The summed E-state index contributed by atoms with van der Waals surface area (Å²) in [4.78, 5) is 11.9. The second kappa shape index (κ2) is 5.89. The molecule has 94 valence electrons. The number of amides is 1. The van der Waals surface area contributed by atoms with E-state index in [0.717, 1.165) is 6.07 Å². The maximum Gasteiger partial charge on any atom is 0.253 e. The number of halogens is 4. The molecule has 0 spiro atoms. The summed E-state index contributed by atoms with van der Waals surface area (Å²) in [6.45, 7) is 1.71. The van der Waals surface area contributed by atoms with Crippen LogP contribution >= 0.6 is 34.8 Å². The van der Waals surface area contributed by atoms with Crippen molar-refractivity contribution in [1.82, 2.24) is 5.32 Å². The summed E-state index contributed by atoms with van der Waals surface area (Å²) >= 11 is 17.2. The van der Waals surface area contributed by atoms with Gasteiger partial charge in [0.1, 0.15) is 5.82 Å². The maximum atomic E-state index is 12.8. The average Bonchev–Trinajstić information content (AvgIpc) is 2.28. The predicted octanol–water partition coefficient (Wildman–Crippen LogP) is 3.45. The summed E-state index contributed by atoms with van der Waals surface area (Å²) in [5, 5.41) is 2.71. The molecule has 0 aliphatic rings. The molecule has 0 unspecified atom stereocenters. The number of benzene rings is 1. The van der Waals surface area contributed by atoms with Crippen LogP contribution in [0.15, 0.2) is 18.2 Å². The third kappa shape index (κ3) is 3.73. The SMILES string of the molecule is CC(CCl)(CCl)NC(=O)c1ccc(F)cc1Cl. The summed E-state index contributed by atoms with van der Waals surface area (Å²) in [5.41, 5.74) is -0.535. The standard InChI is InChI=1S/C11H11Cl3FNO/c1-11(5-12,6-13)16-10(17)8-3-2-7(15)4-9(8)14/h2-4H,5-6H2,1H3,(H,16,17). The van der Waals surface area contributed by atoms with Gasteiger partial charge in [-0.1, -0.05) is 11.6 Å². The zero-order valence-corrected chi connectivity index (χ0v) is 11.3. The molecule has 0 heterocycles. The third-order valence-electron chi connectivity index (χ3n) is 2.18. The van der Waals surface area contributed by atoms with Gasteiger partial charge < -0.3 is 5.32 Å². The fourth-order valence-corrected chi connectivity index (χ4v) is 1.79. The molecular weight excluding hydrogens is 287 g/mol. The molecule has 0 radical (unpaired) electrons. The van der Waals surface area contributed by atoms with Crippen molar-refractivity contribution in [3.8, 4) is 0 Å². The van der Waals surface area contributed by atoms with Gasteiger partial charge in [-0.05, 0) is 25.1 Å². The van der Waals surface area contributed by atoms with E-state index in [1.807, 2.05) is 0 Å². The molecule has 1 N–H and O–H groups in total. The van der Waals surface area contributed by atoms with E-state index >= 15 is 0 Å². The molecule has 0 aromatic heterocycles. The number of nitrogens with one attached hydrogen (secondary N) is 1. The van der Waals surface area contributed by atoms with E-state index in [2.05, 4.69) is 5.32 Å². The number of rotatable bonds is 4. The lowest BCUT2D eigenvalue weighted by molar-refractivity contribution is 0.0921. The second-order valence-electron chi connectivity index (χ2n) is 3.91. The maximum absolute atomic E-state index is 12.8. The second-order valence-corrected chi connectivity index (χ2v) is 4.85. The number of carbonyl (C=O) groups excluding carboxylic acids is 1. The van der Waals surface area contributed by atoms with E-state index in [-0.39, 0.29) is 22.3 Å². The van der Waals surface area contributed by atoms with Gasteiger partial charge in [0, 0.05) is 11.8 Å². The first-order valence-electron chi connectivity index (χ1n) is 4.81. The van der Waals surface area contributed by atoms with Gasteiger partial charge in [-0.15, -0.1) is 23.2 Å². The van der Waals surface area contributed by atoms with E-state index in [9.17, 15) is 9.18 Å². The quantitative estimate of drug-likeness (QED) is 0.848. The highest BCUT2D eigenvalue weighted by Crippen LogP contribution is 2.18. The van der Waals surface area contributed by atoms with Crippen molar-refractivity contribution in [3.05, 3.63) is 34.6 Å². The smallest absolute Gasteiger partial charge is 0.253 e. The minimum atomic E-state index is -0.724. The number of hydrogen-bond donors (Lipinski definition) is 1. The molecule has 1 rings (SSSR count). The number of alkyl halides is 2. The Morgan fingerprint density at radius 3 is 2.47 bits per heavy atom. The van der Waals surface area contributed by atoms with Gasteiger partial charge >= 0.3 is 0 Å². The lowest BCUT2D eigenvalue weighted by atomic mass is 10.1. The molecule has 0 fully saturated rings. The van der Waals surface area contributed by atoms with Crippen LogP contribution in [0.25, 0.3) is 0 Å². The molecule has 17 heavy (non-hydrogen) atoms. The number of hydrogen-bond acceptors (Lipinski definition) is 1. The molecule has 0 atom stereocenters. The molecule has 0 saturated heterocycles. The molecule has 0 aliphatic carbocycles. The van der Waals surface area contributed by atoms with E-state index in [4.69, 9.17) is 34.8 Å². The van der Waals surface area contributed by atoms with Crippen LogP contribution in [-0.2, 0) is 0 Å². The van der Waals surface area contributed by atoms with Crippen molar-refractivity contribution < 1.29 is 9.18 Å². The van der Waals surface area contributed by atoms with Crippen LogP contribution in [0, 0.1) is 5.82 Å². The minimum Gasteiger partial charge on any atom is -0.344 e. The summed E-state index contributed by atoms with van der Waals surface area (Å²) in [6.07, 6.45) is 0. The zero-order valence-electron chi connectivity index (χ0n) is 9.07. The minimum absolute atomic E-state index is 0.0500. The summed E-state index contributed by atoms with van der Waals surface area (Å²) < 4.78 is 12.8. The average molecular weight is 299 g/mol. The highest BCUT2D eigenvalue weighted by atomic mass is 35.5. The fourth-order valence-electron chi connectivity index (χ4n) is 1.12. The molecular formula is C11H11Cl3FNO. The van der Waals surface area contributed by atoms with Crippen LogP contribution in [0.4, 0.5) is 4.39 Å². The highest BCUT2D eigenvalue weighted by molar-refractivity contribution is 6.34. The van der Waals surface area contributed by atoms with Gasteiger partial charge in [-0.3, -0.25) is 4.79 Å². The van der Waals surface area contributed by atoms with Crippen molar-refractivity contribution in [2.45, 2.75) is 12.5 Å². The lowest BCUT2D eigenvalue weighted by Crippen LogP contribution is -2.49. The van der Waals surface area contributed by atoms with Gasteiger partial charge in [-0.2, -0.15) is 0 Å². The predicted molar refractivity (Wildman–Crippen MR) is 68.7 cm³/mol. The molecule has 1 aromatic carbocycles. The Labute approximate surface area is 114 Å². The van der Waals surface area contributed by atoms with Gasteiger partial charge in [0.25, 0.3) is 5.91 Å². The topological polar surface area (TPSA) is 29.1 Å². The molecule has 0 saturated carbocycles. The summed E-state index contributed by atoms with van der Waals surface area (Å²) in [7, 11) is 0. The Bertz CT molecular complexity index is 421. The van der Waals surface area contributed by atoms with Gasteiger partial charge in [0.2, 0.25) is 0 Å². The largest absolute Gasteiger partial charge is 0.344 e. The number of carbonyl (C=O) groups is 1.